The first kappa shape index (κ1) is 17.8. The number of furan rings is 1. The lowest BCUT2D eigenvalue weighted by molar-refractivity contribution is -0.908. The molecule has 1 saturated heterocycles. The standard InChI is InChI=1S/C18H24N4O2S/c1-14(17-13-15-5-2-3-6-16(15)24-17)20-21-18(25)19-7-4-8-22-9-11-23-12-10-22/h2-3,5-6,13H,4,7-12H2,1H3,(H2,19,21,25)/p+1/b20-14-. The summed E-state index contributed by atoms with van der Waals surface area (Å²) in [7, 11) is 0. The number of rotatable bonds is 6. The van der Waals surface area contributed by atoms with Crippen LogP contribution in [0.5, 0.6) is 0 Å². The second kappa shape index (κ2) is 8.94. The van der Waals surface area contributed by atoms with Gasteiger partial charge in [0.25, 0.3) is 0 Å². The molecule has 7 heteroatoms. The van der Waals surface area contributed by atoms with Crippen LogP contribution in [0.1, 0.15) is 19.1 Å². The van der Waals surface area contributed by atoms with Gasteiger partial charge in [0.2, 0.25) is 0 Å². The third-order valence-corrected chi connectivity index (χ3v) is 4.54. The zero-order valence-electron chi connectivity index (χ0n) is 14.5. The average Bonchev–Trinajstić information content (AvgIpc) is 3.08. The summed E-state index contributed by atoms with van der Waals surface area (Å²) in [4.78, 5) is 1.60. The van der Waals surface area contributed by atoms with Gasteiger partial charge in [-0.05, 0) is 31.3 Å². The van der Waals surface area contributed by atoms with E-state index in [9.17, 15) is 0 Å². The van der Waals surface area contributed by atoms with Crippen LogP contribution in [0.2, 0.25) is 0 Å². The van der Waals surface area contributed by atoms with Gasteiger partial charge < -0.3 is 19.4 Å². The van der Waals surface area contributed by atoms with Crippen LogP contribution in [0.4, 0.5) is 0 Å². The molecule has 0 saturated carbocycles. The summed E-state index contributed by atoms with van der Waals surface area (Å²) < 4.78 is 11.1. The fourth-order valence-electron chi connectivity index (χ4n) is 2.84. The molecule has 0 amide bonds. The highest BCUT2D eigenvalue weighted by atomic mass is 32.1. The molecule has 134 valence electrons. The number of ether oxygens (including phenoxy) is 1. The Kier molecular flexibility index (Phi) is 6.38. The molecule has 0 aliphatic carbocycles. The summed E-state index contributed by atoms with van der Waals surface area (Å²) in [5, 5.41) is 9.10. The molecular formula is C18H25N4O2S+. The molecule has 1 fully saturated rings. The first-order valence-corrected chi connectivity index (χ1v) is 9.11. The summed E-state index contributed by atoms with van der Waals surface area (Å²) in [6.07, 6.45) is 1.07. The van der Waals surface area contributed by atoms with E-state index >= 15 is 0 Å². The van der Waals surface area contributed by atoms with Crippen molar-refractivity contribution in [1.82, 2.24) is 10.7 Å². The first-order chi connectivity index (χ1) is 12.2. The van der Waals surface area contributed by atoms with Crippen LogP contribution in [0, 0.1) is 0 Å². The number of morpholine rings is 1. The Hall–Kier alpha value is -1.96. The third-order valence-electron chi connectivity index (χ3n) is 4.30. The third kappa shape index (κ3) is 5.26. The number of benzene rings is 1. The van der Waals surface area contributed by atoms with Crippen LogP contribution >= 0.6 is 12.2 Å². The van der Waals surface area contributed by atoms with E-state index in [1.54, 1.807) is 4.90 Å². The van der Waals surface area contributed by atoms with Crippen molar-refractivity contribution < 1.29 is 14.1 Å². The monoisotopic (exact) mass is 361 g/mol. The van der Waals surface area contributed by atoms with Gasteiger partial charge in [-0.15, -0.1) is 0 Å². The number of nitrogens with one attached hydrogen (secondary N) is 3. The number of hydrogen-bond donors (Lipinski definition) is 3. The maximum Gasteiger partial charge on any atom is 0.186 e. The van der Waals surface area contributed by atoms with Gasteiger partial charge in [-0.1, -0.05) is 18.2 Å². The lowest BCUT2D eigenvalue weighted by Crippen LogP contribution is -3.14. The molecule has 25 heavy (non-hydrogen) atoms. The molecule has 0 radical (unpaired) electrons. The number of fused-ring (bicyclic) bond motifs is 1. The summed E-state index contributed by atoms with van der Waals surface area (Å²) in [5.74, 6) is 0.743. The molecule has 2 aromatic rings. The minimum atomic E-state index is 0.535. The van der Waals surface area contributed by atoms with Gasteiger partial charge in [0.15, 0.2) is 10.9 Å². The summed E-state index contributed by atoms with van der Waals surface area (Å²) >= 11 is 5.27. The Bertz CT molecular complexity index is 705. The Morgan fingerprint density at radius 2 is 2.08 bits per heavy atom. The van der Waals surface area contributed by atoms with Gasteiger partial charge in [0.05, 0.1) is 19.8 Å². The molecule has 6 nitrogen and oxygen atoms in total. The molecule has 0 bridgehead atoms. The molecule has 1 aromatic carbocycles. The number of hydrazone groups is 1. The van der Waals surface area contributed by atoms with Crippen molar-refractivity contribution in [2.45, 2.75) is 13.3 Å². The van der Waals surface area contributed by atoms with Gasteiger partial charge in [0.1, 0.15) is 24.4 Å². The van der Waals surface area contributed by atoms with Crippen LogP contribution in [0.15, 0.2) is 39.9 Å². The molecular weight excluding hydrogens is 336 g/mol. The van der Waals surface area contributed by atoms with Crippen molar-refractivity contribution in [3.8, 4) is 0 Å². The molecule has 3 rings (SSSR count). The smallest absolute Gasteiger partial charge is 0.186 e. The average molecular weight is 361 g/mol. The van der Waals surface area contributed by atoms with Gasteiger partial charge in [-0.3, -0.25) is 5.43 Å². The SMILES string of the molecule is C/C(=N/NC(=S)NCCC[NH+]1CCOCC1)c1cc2ccccc2o1. The zero-order chi connectivity index (χ0) is 17.5. The van der Waals surface area contributed by atoms with E-state index in [-0.39, 0.29) is 0 Å². The van der Waals surface area contributed by atoms with Crippen molar-refractivity contribution in [3.05, 3.63) is 36.1 Å². The molecule has 2 heterocycles. The molecule has 1 aliphatic rings. The zero-order valence-corrected chi connectivity index (χ0v) is 15.3. The van der Waals surface area contributed by atoms with Crippen molar-refractivity contribution in [1.29, 1.82) is 0 Å². The number of quaternary nitrogens is 1. The Labute approximate surface area is 153 Å². The number of hydrogen-bond acceptors (Lipinski definition) is 4. The molecule has 0 unspecified atom stereocenters. The van der Waals surface area contributed by atoms with Crippen LogP contribution in [0.25, 0.3) is 11.0 Å². The predicted molar refractivity (Wildman–Crippen MR) is 103 cm³/mol. The highest BCUT2D eigenvalue weighted by molar-refractivity contribution is 7.80. The molecule has 1 aliphatic heterocycles. The second-order valence-electron chi connectivity index (χ2n) is 6.18. The van der Waals surface area contributed by atoms with E-state index < -0.39 is 0 Å². The highest BCUT2D eigenvalue weighted by Gasteiger charge is 2.12. The Morgan fingerprint density at radius 1 is 1.28 bits per heavy atom. The molecule has 0 atom stereocenters. The van der Waals surface area contributed by atoms with Crippen molar-refractivity contribution in [2.75, 3.05) is 39.4 Å². The molecule has 0 spiro atoms. The van der Waals surface area contributed by atoms with Crippen molar-refractivity contribution in [3.63, 3.8) is 0 Å². The maximum atomic E-state index is 5.78. The van der Waals surface area contributed by atoms with E-state index in [0.717, 1.165) is 68.3 Å². The lowest BCUT2D eigenvalue weighted by atomic mass is 10.2. The minimum absolute atomic E-state index is 0.535. The van der Waals surface area contributed by atoms with Gasteiger partial charge in [-0.2, -0.15) is 5.10 Å². The van der Waals surface area contributed by atoms with E-state index in [0.29, 0.717) is 5.11 Å². The topological polar surface area (TPSA) is 63.2 Å². The number of para-hydroxylation sites is 1. The van der Waals surface area contributed by atoms with Crippen molar-refractivity contribution in [2.24, 2.45) is 5.10 Å². The lowest BCUT2D eigenvalue weighted by Gasteiger charge is -2.23. The fraction of sp³-hybridized carbons (Fsp3) is 0.444. The van der Waals surface area contributed by atoms with Crippen LogP contribution in [-0.4, -0.2) is 50.2 Å². The number of nitrogens with zero attached hydrogens (tertiary/aromatic N) is 1. The predicted octanol–water partition coefficient (Wildman–Crippen LogP) is 0.926. The fourth-order valence-corrected chi connectivity index (χ4v) is 2.99. The van der Waals surface area contributed by atoms with E-state index in [4.69, 9.17) is 21.4 Å². The number of thiocarbonyl (C=S) groups is 1. The Balaban J connectivity index is 1.40. The van der Waals surface area contributed by atoms with Crippen molar-refractivity contribution >= 4 is 34.0 Å². The first-order valence-electron chi connectivity index (χ1n) is 8.71. The molecule has 1 aromatic heterocycles. The summed E-state index contributed by atoms with van der Waals surface area (Å²) in [6.45, 7) is 7.83. The normalized spacial score (nSPS) is 16.1. The summed E-state index contributed by atoms with van der Waals surface area (Å²) in [6, 6.07) is 9.90. The molecule has 3 N–H and O–H groups in total. The largest absolute Gasteiger partial charge is 0.455 e. The van der Waals surface area contributed by atoms with Crippen LogP contribution in [0.3, 0.4) is 0 Å². The minimum Gasteiger partial charge on any atom is -0.455 e. The van der Waals surface area contributed by atoms with Crippen LogP contribution in [-0.2, 0) is 4.74 Å². The van der Waals surface area contributed by atoms with Crippen LogP contribution < -0.4 is 15.6 Å². The quantitative estimate of drug-likeness (QED) is 0.309. The van der Waals surface area contributed by atoms with E-state index in [1.807, 2.05) is 37.3 Å². The Morgan fingerprint density at radius 3 is 2.88 bits per heavy atom. The van der Waals surface area contributed by atoms with E-state index in [2.05, 4.69) is 15.8 Å². The second-order valence-corrected chi connectivity index (χ2v) is 6.59. The van der Waals surface area contributed by atoms with Gasteiger partial charge >= 0.3 is 0 Å². The van der Waals surface area contributed by atoms with Gasteiger partial charge in [-0.25, -0.2) is 0 Å². The maximum absolute atomic E-state index is 5.78. The van der Waals surface area contributed by atoms with Gasteiger partial charge in [0, 0.05) is 18.4 Å². The van der Waals surface area contributed by atoms with E-state index in [1.165, 1.54) is 0 Å². The summed E-state index contributed by atoms with van der Waals surface area (Å²) in [5.41, 5.74) is 4.51. The highest BCUT2D eigenvalue weighted by Crippen LogP contribution is 2.19.